The predicted octanol–water partition coefficient (Wildman–Crippen LogP) is 1.08. The number of carboxylic acid groups (broad SMARTS) is 1. The summed E-state index contributed by atoms with van der Waals surface area (Å²) in [4.78, 5) is 20.7. The highest BCUT2D eigenvalue weighted by Crippen LogP contribution is 2.06. The molecule has 2 N–H and O–H groups in total. The molecule has 68 valence electrons. The third kappa shape index (κ3) is 1.59. The van der Waals surface area contributed by atoms with Crippen LogP contribution in [0.4, 0.5) is 0 Å². The Labute approximate surface area is 79.2 Å². The summed E-state index contributed by atoms with van der Waals surface area (Å²) < 4.78 is 0. The van der Waals surface area contributed by atoms with E-state index in [1.54, 1.807) is 18.3 Å². The lowest BCUT2D eigenvalue weighted by Gasteiger charge is -1.81. The Kier molecular flexibility index (Phi) is 2.48. The summed E-state index contributed by atoms with van der Waals surface area (Å²) in [5, 5.41) is 8.56. The average Bonchev–Trinajstić information content (AvgIpc) is 2.46. The quantitative estimate of drug-likeness (QED) is 0.720. The van der Waals surface area contributed by atoms with E-state index in [9.17, 15) is 4.79 Å². The summed E-state index contributed by atoms with van der Waals surface area (Å²) in [6.07, 6.45) is 1.56. The molecule has 2 rings (SSSR count). The Morgan fingerprint density at radius 1 is 1.54 bits per heavy atom. The largest absolute Gasteiger partial charge is 0.475 e. The molecule has 0 spiro atoms. The van der Waals surface area contributed by atoms with Crippen LogP contribution in [0, 0.1) is 0 Å². The molecule has 0 saturated heterocycles. The topological polar surface area (TPSA) is 78.9 Å². The molecule has 0 amide bonds. The molecule has 6 heteroatoms. The maximum absolute atomic E-state index is 10.4. The van der Waals surface area contributed by atoms with Crippen LogP contribution in [0.15, 0.2) is 18.3 Å². The van der Waals surface area contributed by atoms with Crippen molar-refractivity contribution in [3.05, 3.63) is 24.2 Å². The first-order valence-electron chi connectivity index (χ1n) is 3.31. The van der Waals surface area contributed by atoms with Crippen molar-refractivity contribution in [2.45, 2.75) is 0 Å². The molecule has 0 aliphatic carbocycles. The number of nitrogens with one attached hydrogen (secondary N) is 1. The van der Waals surface area contributed by atoms with Crippen LogP contribution in [-0.4, -0.2) is 26.0 Å². The first kappa shape index (κ1) is 9.47. The van der Waals surface area contributed by atoms with Gasteiger partial charge in [-0.05, 0) is 12.1 Å². The maximum Gasteiger partial charge on any atom is 0.371 e. The van der Waals surface area contributed by atoms with Crippen LogP contribution in [0.5, 0.6) is 0 Å². The van der Waals surface area contributed by atoms with Crippen molar-refractivity contribution in [3.8, 4) is 0 Å². The fourth-order valence-corrected chi connectivity index (χ4v) is 0.946. The van der Waals surface area contributed by atoms with Gasteiger partial charge in [0.2, 0.25) is 5.82 Å². The van der Waals surface area contributed by atoms with Crippen molar-refractivity contribution in [1.29, 1.82) is 0 Å². The summed E-state index contributed by atoms with van der Waals surface area (Å²) in [5.74, 6) is -1.16. The number of fused-ring (bicyclic) bond motifs is 1. The summed E-state index contributed by atoms with van der Waals surface area (Å²) in [7, 11) is 0. The summed E-state index contributed by atoms with van der Waals surface area (Å²) >= 11 is 0. The summed E-state index contributed by atoms with van der Waals surface area (Å²) in [6.45, 7) is 0. The number of aromatic nitrogens is 3. The zero-order valence-electron chi connectivity index (χ0n) is 6.39. The lowest BCUT2D eigenvalue weighted by molar-refractivity contribution is 0.0685. The number of hydrogen-bond donors (Lipinski definition) is 2. The van der Waals surface area contributed by atoms with Crippen LogP contribution in [0.3, 0.4) is 0 Å². The first-order valence-corrected chi connectivity index (χ1v) is 3.31. The SMILES string of the molecule is Cl.O=C(O)c1nc2ncccc2[nH]1. The van der Waals surface area contributed by atoms with E-state index in [1.165, 1.54) is 0 Å². The molecule has 0 bridgehead atoms. The van der Waals surface area contributed by atoms with Crippen LogP contribution >= 0.6 is 12.4 Å². The van der Waals surface area contributed by atoms with Gasteiger partial charge in [-0.1, -0.05) is 0 Å². The van der Waals surface area contributed by atoms with Crippen LogP contribution in [0.1, 0.15) is 10.6 Å². The predicted molar refractivity (Wildman–Crippen MR) is 48.1 cm³/mol. The molecule has 0 unspecified atom stereocenters. The molecule has 0 fully saturated rings. The summed E-state index contributed by atoms with van der Waals surface area (Å²) in [5.41, 5.74) is 1.06. The lowest BCUT2D eigenvalue weighted by Crippen LogP contribution is -1.97. The number of imidazole rings is 1. The van der Waals surface area contributed by atoms with Gasteiger partial charge < -0.3 is 10.1 Å². The van der Waals surface area contributed by atoms with E-state index in [0.717, 1.165) is 0 Å². The number of hydrogen-bond acceptors (Lipinski definition) is 3. The van der Waals surface area contributed by atoms with Gasteiger partial charge in [-0.25, -0.2) is 14.8 Å². The highest BCUT2D eigenvalue weighted by molar-refractivity contribution is 5.87. The van der Waals surface area contributed by atoms with Gasteiger partial charge in [0.05, 0.1) is 5.52 Å². The minimum absolute atomic E-state index is 0. The minimum Gasteiger partial charge on any atom is -0.475 e. The Morgan fingerprint density at radius 3 is 2.92 bits per heavy atom. The Hall–Kier alpha value is -1.62. The lowest BCUT2D eigenvalue weighted by atomic mass is 10.4. The smallest absolute Gasteiger partial charge is 0.371 e. The second kappa shape index (κ2) is 3.40. The molecular weight excluding hydrogens is 194 g/mol. The van der Waals surface area contributed by atoms with E-state index in [2.05, 4.69) is 15.0 Å². The zero-order chi connectivity index (χ0) is 8.55. The Bertz CT molecular complexity index is 407. The van der Waals surface area contributed by atoms with Crippen LogP contribution < -0.4 is 0 Å². The standard InChI is InChI=1S/C7H5N3O2.ClH/c11-7(12)6-9-4-2-1-3-8-5(4)10-6;/h1-3H,(H,11,12)(H,8,9,10);1H. The third-order valence-electron chi connectivity index (χ3n) is 1.46. The zero-order valence-corrected chi connectivity index (χ0v) is 7.21. The molecule has 0 atom stereocenters. The highest BCUT2D eigenvalue weighted by atomic mass is 35.5. The maximum atomic E-state index is 10.4. The summed E-state index contributed by atoms with van der Waals surface area (Å²) in [6, 6.07) is 3.44. The van der Waals surface area contributed by atoms with Gasteiger partial charge in [0.15, 0.2) is 5.65 Å². The Morgan fingerprint density at radius 2 is 2.31 bits per heavy atom. The van der Waals surface area contributed by atoms with Crippen molar-refractivity contribution in [2.75, 3.05) is 0 Å². The van der Waals surface area contributed by atoms with Gasteiger partial charge in [-0.15, -0.1) is 12.4 Å². The number of aromatic amines is 1. The number of halogens is 1. The number of pyridine rings is 1. The highest BCUT2D eigenvalue weighted by Gasteiger charge is 2.08. The first-order chi connectivity index (χ1) is 5.77. The van der Waals surface area contributed by atoms with Gasteiger partial charge in [-0.3, -0.25) is 0 Å². The average molecular weight is 200 g/mol. The van der Waals surface area contributed by atoms with Crippen LogP contribution in [0.25, 0.3) is 11.2 Å². The Balaban J connectivity index is 0.000000845. The fraction of sp³-hybridized carbons (Fsp3) is 0. The number of nitrogens with zero attached hydrogens (tertiary/aromatic N) is 2. The van der Waals surface area contributed by atoms with Gasteiger partial charge >= 0.3 is 5.97 Å². The molecule has 2 aromatic rings. The number of aromatic carboxylic acids is 1. The molecule has 0 saturated carbocycles. The molecule has 0 aliphatic heterocycles. The van der Waals surface area contributed by atoms with Crippen LogP contribution in [-0.2, 0) is 0 Å². The van der Waals surface area contributed by atoms with E-state index in [4.69, 9.17) is 5.11 Å². The molecule has 0 aromatic carbocycles. The van der Waals surface area contributed by atoms with Gasteiger partial charge in [-0.2, -0.15) is 0 Å². The molecule has 0 radical (unpaired) electrons. The molecule has 5 nitrogen and oxygen atoms in total. The number of carboxylic acids is 1. The second-order valence-corrected chi connectivity index (χ2v) is 2.27. The minimum atomic E-state index is -1.08. The second-order valence-electron chi connectivity index (χ2n) is 2.27. The van der Waals surface area contributed by atoms with Crippen molar-refractivity contribution in [2.24, 2.45) is 0 Å². The number of H-pyrrole nitrogens is 1. The van der Waals surface area contributed by atoms with Crippen molar-refractivity contribution < 1.29 is 9.90 Å². The van der Waals surface area contributed by atoms with E-state index in [1.807, 2.05) is 0 Å². The van der Waals surface area contributed by atoms with E-state index < -0.39 is 5.97 Å². The van der Waals surface area contributed by atoms with Crippen molar-refractivity contribution in [3.63, 3.8) is 0 Å². The fourth-order valence-electron chi connectivity index (χ4n) is 0.946. The normalized spacial score (nSPS) is 9.54. The number of rotatable bonds is 1. The van der Waals surface area contributed by atoms with Crippen molar-refractivity contribution >= 4 is 29.5 Å². The van der Waals surface area contributed by atoms with Crippen molar-refractivity contribution in [1.82, 2.24) is 15.0 Å². The van der Waals surface area contributed by atoms with Gasteiger partial charge in [0, 0.05) is 6.20 Å². The van der Waals surface area contributed by atoms with Gasteiger partial charge in [0.1, 0.15) is 0 Å². The molecule has 0 aliphatic rings. The molecular formula is C7H6ClN3O2. The number of carbonyl (C=O) groups is 1. The molecule has 13 heavy (non-hydrogen) atoms. The van der Waals surface area contributed by atoms with E-state index in [-0.39, 0.29) is 18.2 Å². The third-order valence-corrected chi connectivity index (χ3v) is 1.46. The van der Waals surface area contributed by atoms with Crippen LogP contribution in [0.2, 0.25) is 0 Å². The molecule has 2 aromatic heterocycles. The molecule has 2 heterocycles. The van der Waals surface area contributed by atoms with Gasteiger partial charge in [0.25, 0.3) is 0 Å². The van der Waals surface area contributed by atoms with E-state index >= 15 is 0 Å². The monoisotopic (exact) mass is 199 g/mol. The van der Waals surface area contributed by atoms with E-state index in [0.29, 0.717) is 11.2 Å².